The fraction of sp³-hybridized carbons (Fsp3) is 0.276. The van der Waals surface area contributed by atoms with Crippen LogP contribution in [0.5, 0.6) is 0 Å². The second kappa shape index (κ2) is 14.0. The number of amides is 1. The molecule has 3 aromatic rings. The maximum absolute atomic E-state index is 13.0. The molecule has 1 atom stereocenters. The van der Waals surface area contributed by atoms with Crippen LogP contribution in [-0.2, 0) is 25.7 Å². The molecule has 0 aliphatic carbocycles. The van der Waals surface area contributed by atoms with Crippen LogP contribution in [0.15, 0.2) is 91.0 Å². The van der Waals surface area contributed by atoms with Crippen LogP contribution in [0, 0.1) is 0 Å². The zero-order chi connectivity index (χ0) is 26.7. The summed E-state index contributed by atoms with van der Waals surface area (Å²) >= 11 is 1.16. The molecule has 0 fully saturated rings. The highest BCUT2D eigenvalue weighted by atomic mass is 32.2. The molecule has 0 bridgehead atoms. The summed E-state index contributed by atoms with van der Waals surface area (Å²) in [4.78, 5) is 38.3. The van der Waals surface area contributed by atoms with Crippen molar-refractivity contribution >= 4 is 47.5 Å². The summed E-state index contributed by atoms with van der Waals surface area (Å²) < 4.78 is 10.7. The predicted octanol–water partition coefficient (Wildman–Crippen LogP) is 5.36. The molecule has 3 aromatic carbocycles. The van der Waals surface area contributed by atoms with Gasteiger partial charge >= 0.3 is 12.1 Å². The van der Waals surface area contributed by atoms with Crippen LogP contribution in [0.2, 0.25) is 0 Å². The highest BCUT2D eigenvalue weighted by Gasteiger charge is 2.28. The van der Waals surface area contributed by atoms with Crippen molar-refractivity contribution in [2.45, 2.75) is 45.4 Å². The van der Waals surface area contributed by atoms with Crippen LogP contribution in [-0.4, -0.2) is 34.3 Å². The number of rotatable bonds is 10. The van der Waals surface area contributed by atoms with Gasteiger partial charge in [0.15, 0.2) is 5.12 Å². The summed E-state index contributed by atoms with van der Waals surface area (Å²) in [6.45, 7) is 5.23. The van der Waals surface area contributed by atoms with Crippen LogP contribution >= 0.6 is 19.7 Å². The highest BCUT2D eigenvalue weighted by Crippen LogP contribution is 2.38. The summed E-state index contributed by atoms with van der Waals surface area (Å²) in [6, 6.07) is 28.2. The number of esters is 1. The lowest BCUT2D eigenvalue weighted by atomic mass is 10.2. The topological polar surface area (TPSA) is 81.7 Å². The summed E-state index contributed by atoms with van der Waals surface area (Å²) in [5, 5.41) is 4.64. The number of nitrogens with one attached hydrogen (secondary N) is 1. The smallest absolute Gasteiger partial charge is 0.408 e. The molecule has 0 aliphatic heterocycles. The second-order valence-electron chi connectivity index (χ2n) is 9.24. The van der Waals surface area contributed by atoms with Gasteiger partial charge in [0.05, 0.1) is 0 Å². The summed E-state index contributed by atoms with van der Waals surface area (Å²) in [5.41, 5.74) is 0.618. The van der Waals surface area contributed by atoms with Crippen molar-refractivity contribution in [1.82, 2.24) is 5.32 Å². The SMILES string of the molecule is CC(C)(C)OC(=O)N[C@@H](CC(=O)SCP(c1ccccc1)c1ccccc1)C(=O)OCc1ccccc1. The van der Waals surface area contributed by atoms with E-state index in [1.165, 1.54) is 0 Å². The first-order valence-corrected chi connectivity index (χ1v) is 14.5. The van der Waals surface area contributed by atoms with E-state index < -0.39 is 31.6 Å². The van der Waals surface area contributed by atoms with E-state index in [4.69, 9.17) is 9.47 Å². The monoisotopic (exact) mass is 537 g/mol. The fourth-order valence-corrected chi connectivity index (χ4v) is 7.28. The Bertz CT molecular complexity index is 1110. The molecule has 0 spiro atoms. The van der Waals surface area contributed by atoms with Gasteiger partial charge in [-0.05, 0) is 44.9 Å². The van der Waals surface area contributed by atoms with E-state index >= 15 is 0 Å². The van der Waals surface area contributed by atoms with Crippen molar-refractivity contribution in [2.75, 3.05) is 5.49 Å². The van der Waals surface area contributed by atoms with E-state index in [9.17, 15) is 14.4 Å². The Labute approximate surface area is 223 Å². The van der Waals surface area contributed by atoms with Gasteiger partial charge < -0.3 is 14.8 Å². The molecule has 0 saturated heterocycles. The molecular formula is C29H32NO5PS. The van der Waals surface area contributed by atoms with Gasteiger partial charge in [0.1, 0.15) is 18.2 Å². The van der Waals surface area contributed by atoms with Crippen LogP contribution in [0.3, 0.4) is 0 Å². The molecule has 194 valence electrons. The Morgan fingerprint density at radius 1 is 0.838 bits per heavy atom. The molecule has 0 radical (unpaired) electrons. The minimum Gasteiger partial charge on any atom is -0.459 e. The first-order chi connectivity index (χ1) is 17.7. The van der Waals surface area contributed by atoms with E-state index in [1.807, 2.05) is 66.7 Å². The van der Waals surface area contributed by atoms with Gasteiger partial charge in [-0.15, -0.1) is 0 Å². The van der Waals surface area contributed by atoms with Crippen molar-refractivity contribution in [3.8, 4) is 0 Å². The van der Waals surface area contributed by atoms with Crippen molar-refractivity contribution in [1.29, 1.82) is 0 Å². The van der Waals surface area contributed by atoms with Crippen molar-refractivity contribution in [2.24, 2.45) is 0 Å². The lowest BCUT2D eigenvalue weighted by Gasteiger charge is -2.23. The minimum absolute atomic E-state index is 0.0425. The molecule has 37 heavy (non-hydrogen) atoms. The van der Waals surface area contributed by atoms with Crippen LogP contribution in [0.1, 0.15) is 32.8 Å². The standard InChI is InChI=1S/C29H32NO5PS/c1-29(2,3)35-28(33)30-25(27(32)34-20-22-13-7-4-8-14-22)19-26(31)37-21-36(23-15-9-5-10-16-23)24-17-11-6-12-18-24/h4-18,25H,19-21H2,1-3H3,(H,30,33)/t25-/m0/s1. The lowest BCUT2D eigenvalue weighted by molar-refractivity contribution is -0.148. The maximum atomic E-state index is 13.0. The Morgan fingerprint density at radius 2 is 1.35 bits per heavy atom. The van der Waals surface area contributed by atoms with E-state index in [1.54, 1.807) is 20.8 Å². The summed E-state index contributed by atoms with van der Waals surface area (Å²) in [7, 11) is -0.782. The van der Waals surface area contributed by atoms with E-state index in [0.29, 0.717) is 5.49 Å². The largest absolute Gasteiger partial charge is 0.459 e. The van der Waals surface area contributed by atoms with Gasteiger partial charge in [-0.1, -0.05) is 103 Å². The molecule has 0 aliphatic rings. The van der Waals surface area contributed by atoms with E-state index in [0.717, 1.165) is 27.9 Å². The predicted molar refractivity (Wildman–Crippen MR) is 151 cm³/mol. The Balaban J connectivity index is 1.67. The summed E-state index contributed by atoms with van der Waals surface area (Å²) in [5.74, 6) is -0.683. The zero-order valence-electron chi connectivity index (χ0n) is 21.3. The van der Waals surface area contributed by atoms with Crippen molar-refractivity contribution in [3.63, 3.8) is 0 Å². The number of thioether (sulfide) groups is 1. The molecule has 0 heterocycles. The quantitative estimate of drug-likeness (QED) is 0.277. The highest BCUT2D eigenvalue weighted by molar-refractivity contribution is 8.18. The van der Waals surface area contributed by atoms with E-state index in [2.05, 4.69) is 29.6 Å². The molecule has 3 rings (SSSR count). The van der Waals surface area contributed by atoms with Gasteiger partial charge in [-0.3, -0.25) is 4.79 Å². The molecular weight excluding hydrogens is 505 g/mol. The molecule has 1 amide bonds. The normalized spacial score (nSPS) is 12.0. The van der Waals surface area contributed by atoms with Crippen molar-refractivity contribution < 1.29 is 23.9 Å². The minimum atomic E-state index is -1.15. The van der Waals surface area contributed by atoms with Crippen LogP contribution in [0.4, 0.5) is 4.79 Å². The Morgan fingerprint density at radius 3 is 1.86 bits per heavy atom. The van der Waals surface area contributed by atoms with Gasteiger partial charge in [-0.25, -0.2) is 9.59 Å². The zero-order valence-corrected chi connectivity index (χ0v) is 23.0. The van der Waals surface area contributed by atoms with Gasteiger partial charge in [0.2, 0.25) is 0 Å². The second-order valence-corrected chi connectivity index (χ2v) is 12.9. The first-order valence-electron chi connectivity index (χ1n) is 11.9. The number of alkyl carbamates (subject to hydrolysis) is 1. The van der Waals surface area contributed by atoms with E-state index in [-0.39, 0.29) is 18.1 Å². The number of hydrogen-bond donors (Lipinski definition) is 1. The van der Waals surface area contributed by atoms with Crippen LogP contribution < -0.4 is 15.9 Å². The number of hydrogen-bond acceptors (Lipinski definition) is 6. The fourth-order valence-electron chi connectivity index (χ4n) is 3.35. The average molecular weight is 538 g/mol. The third-order valence-corrected chi connectivity index (χ3v) is 8.94. The Kier molecular flexibility index (Phi) is 10.7. The molecule has 8 heteroatoms. The van der Waals surface area contributed by atoms with Gasteiger partial charge in [0, 0.05) is 11.9 Å². The molecule has 0 saturated carbocycles. The molecule has 0 unspecified atom stereocenters. The molecule has 0 aromatic heterocycles. The number of benzene rings is 3. The van der Waals surface area contributed by atoms with Crippen LogP contribution in [0.25, 0.3) is 0 Å². The Hall–Kier alpha value is -3.15. The number of ether oxygens (including phenoxy) is 2. The first kappa shape index (κ1) is 28.4. The molecule has 1 N–H and O–H groups in total. The number of carbonyl (C=O) groups excluding carboxylic acids is 3. The lowest BCUT2D eigenvalue weighted by Crippen LogP contribution is -2.45. The maximum Gasteiger partial charge on any atom is 0.408 e. The third-order valence-electron chi connectivity index (χ3n) is 5.06. The van der Waals surface area contributed by atoms with Gasteiger partial charge in [-0.2, -0.15) is 0 Å². The summed E-state index contributed by atoms with van der Waals surface area (Å²) in [6.07, 6.45) is -0.979. The average Bonchev–Trinajstić information content (AvgIpc) is 2.88. The third kappa shape index (κ3) is 10.0. The number of carbonyl (C=O) groups is 3. The molecule has 6 nitrogen and oxygen atoms in total. The van der Waals surface area contributed by atoms with Gasteiger partial charge in [0.25, 0.3) is 0 Å². The van der Waals surface area contributed by atoms with Crippen molar-refractivity contribution in [3.05, 3.63) is 96.6 Å².